The van der Waals surface area contributed by atoms with Crippen LogP contribution < -0.4 is 0 Å². The second-order valence-corrected chi connectivity index (χ2v) is 5.62. The summed E-state index contributed by atoms with van der Waals surface area (Å²) >= 11 is 0. The number of rotatable bonds is 3. The van der Waals surface area contributed by atoms with Gasteiger partial charge in [-0.25, -0.2) is 17.8 Å². The average molecular weight is 329 g/mol. The molecule has 7 nitrogen and oxygen atoms in total. The normalized spacial score (nSPS) is 13.8. The van der Waals surface area contributed by atoms with Crippen molar-refractivity contribution in [2.24, 2.45) is 0 Å². The number of esters is 1. The Hall–Kier alpha value is -1.77. The number of carbonyl (C=O) groups is 1. The number of hydrogen-bond acceptors (Lipinski definition) is 6. The van der Waals surface area contributed by atoms with E-state index < -0.39 is 10.4 Å². The van der Waals surface area contributed by atoms with Crippen LogP contribution in [0, 0.1) is 0 Å². The molecule has 0 radical (unpaired) electrons. The molecular weight excluding hydrogens is 310 g/mol. The number of fused-ring (bicyclic) bond motifs is 1. The molecule has 0 atom stereocenters. The van der Waals surface area contributed by atoms with Gasteiger partial charge in [0.2, 0.25) is 10.4 Å². The first-order chi connectivity index (χ1) is 10.3. The molecule has 0 saturated carbocycles. The molecule has 1 aliphatic rings. The maximum atomic E-state index is 11.9. The van der Waals surface area contributed by atoms with Gasteiger partial charge in [0.1, 0.15) is 13.6 Å². The largest absolute Gasteiger partial charge is 0.726 e. The van der Waals surface area contributed by atoms with Crippen LogP contribution in [-0.2, 0) is 30.5 Å². The van der Waals surface area contributed by atoms with Crippen molar-refractivity contribution in [1.82, 2.24) is 0 Å². The minimum Gasteiger partial charge on any atom is -0.726 e. The van der Waals surface area contributed by atoms with Crippen LogP contribution in [0.4, 0.5) is 0 Å². The molecule has 0 amide bonds. The molecular formula is C14H19NO6S. The molecule has 1 aromatic rings. The Kier molecular flexibility index (Phi) is 6.66. The zero-order chi connectivity index (χ0) is 16.8. The molecule has 122 valence electrons. The predicted molar refractivity (Wildman–Crippen MR) is 78.6 cm³/mol. The number of likely N-dealkylation sites (N-methyl/N-ethyl adjacent to an activating group) is 1. The zero-order valence-electron chi connectivity index (χ0n) is 12.7. The average Bonchev–Trinajstić information content (AvgIpc) is 2.47. The third-order valence-electron chi connectivity index (χ3n) is 3.04. The lowest BCUT2D eigenvalue weighted by molar-refractivity contribution is -0.497. The molecule has 8 heteroatoms. The van der Waals surface area contributed by atoms with Crippen molar-refractivity contribution in [2.45, 2.75) is 13.3 Å². The van der Waals surface area contributed by atoms with Gasteiger partial charge in [-0.15, -0.1) is 0 Å². The van der Waals surface area contributed by atoms with Gasteiger partial charge >= 0.3 is 5.97 Å². The van der Waals surface area contributed by atoms with Crippen LogP contribution in [0.5, 0.6) is 0 Å². The van der Waals surface area contributed by atoms with E-state index in [1.807, 2.05) is 36.7 Å². The zero-order valence-corrected chi connectivity index (χ0v) is 13.6. The summed E-state index contributed by atoms with van der Waals surface area (Å²) in [4.78, 5) is 11.9. The standard InChI is InChI=1S/C13H16NO2.CH4O4S/c1-3-16-13(15)12-11-7-5-4-6-10(11)8-9-14(12)2;1-5-6(2,3)4/h4-7H,3,8-9H2,1-2H3;1H3,(H,2,3,4)/q+1;/p-1. The molecule has 1 aromatic carbocycles. The van der Waals surface area contributed by atoms with Crippen LogP contribution in [0.1, 0.15) is 18.1 Å². The van der Waals surface area contributed by atoms with Crippen LogP contribution in [0.25, 0.3) is 0 Å². The van der Waals surface area contributed by atoms with E-state index in [9.17, 15) is 17.8 Å². The molecule has 1 heterocycles. The summed E-state index contributed by atoms with van der Waals surface area (Å²) in [6.45, 7) is 3.11. The van der Waals surface area contributed by atoms with Crippen LogP contribution in [0.15, 0.2) is 24.3 Å². The van der Waals surface area contributed by atoms with Crippen molar-refractivity contribution in [1.29, 1.82) is 0 Å². The number of benzene rings is 1. The summed E-state index contributed by atoms with van der Waals surface area (Å²) in [6.07, 6.45) is 0.982. The predicted octanol–water partition coefficient (Wildman–Crippen LogP) is 0.330. The van der Waals surface area contributed by atoms with Gasteiger partial charge in [0.25, 0.3) is 5.71 Å². The van der Waals surface area contributed by atoms with Crippen LogP contribution in [0.2, 0.25) is 0 Å². The highest BCUT2D eigenvalue weighted by atomic mass is 32.3. The van der Waals surface area contributed by atoms with Gasteiger partial charge < -0.3 is 9.29 Å². The summed E-state index contributed by atoms with van der Waals surface area (Å²) in [5.41, 5.74) is 2.92. The molecule has 0 saturated heterocycles. The maximum Gasteiger partial charge on any atom is 0.403 e. The van der Waals surface area contributed by atoms with Crippen molar-refractivity contribution < 1.29 is 31.3 Å². The van der Waals surface area contributed by atoms with Crippen molar-refractivity contribution in [2.75, 3.05) is 27.3 Å². The number of nitrogens with zero attached hydrogens (tertiary/aromatic N) is 1. The van der Waals surface area contributed by atoms with Crippen LogP contribution >= 0.6 is 0 Å². The van der Waals surface area contributed by atoms with Crippen molar-refractivity contribution in [3.05, 3.63) is 35.4 Å². The number of ether oxygens (including phenoxy) is 1. The highest BCUT2D eigenvalue weighted by molar-refractivity contribution is 7.80. The van der Waals surface area contributed by atoms with Gasteiger partial charge in [-0.05, 0) is 18.6 Å². The first kappa shape index (κ1) is 18.3. The first-order valence-corrected chi connectivity index (χ1v) is 7.98. The SMILES string of the molecule is CCOC(=O)C1=[N+](C)CCc2ccccc21.COS(=O)(=O)[O-]. The van der Waals surface area contributed by atoms with Crippen molar-refractivity contribution in [3.63, 3.8) is 0 Å². The van der Waals surface area contributed by atoms with E-state index >= 15 is 0 Å². The van der Waals surface area contributed by atoms with Gasteiger partial charge in [-0.1, -0.05) is 18.2 Å². The highest BCUT2D eigenvalue weighted by Crippen LogP contribution is 2.15. The quantitative estimate of drug-likeness (QED) is 0.343. The first-order valence-electron chi connectivity index (χ1n) is 6.65. The van der Waals surface area contributed by atoms with E-state index in [0.717, 1.165) is 25.6 Å². The van der Waals surface area contributed by atoms with Gasteiger partial charge in [-0.2, -0.15) is 0 Å². The maximum absolute atomic E-state index is 11.9. The number of hydrogen-bond donors (Lipinski definition) is 0. The second kappa shape index (κ2) is 8.02. The lowest BCUT2D eigenvalue weighted by atomic mass is 9.97. The Morgan fingerprint density at radius 3 is 2.50 bits per heavy atom. The van der Waals surface area contributed by atoms with Gasteiger partial charge in [0, 0.05) is 6.42 Å². The van der Waals surface area contributed by atoms with Gasteiger partial charge in [0.05, 0.1) is 19.3 Å². The fourth-order valence-corrected chi connectivity index (χ4v) is 2.04. The lowest BCUT2D eigenvalue weighted by Gasteiger charge is -2.14. The van der Waals surface area contributed by atoms with E-state index in [1.54, 1.807) is 0 Å². The van der Waals surface area contributed by atoms with E-state index in [-0.39, 0.29) is 5.97 Å². The number of carbonyl (C=O) groups excluding carboxylic acids is 1. The van der Waals surface area contributed by atoms with Gasteiger partial charge in [-0.3, -0.25) is 4.18 Å². The Bertz CT molecular complexity index is 666. The summed E-state index contributed by atoms with van der Waals surface area (Å²) in [5, 5.41) is 0. The van der Waals surface area contributed by atoms with E-state index in [4.69, 9.17) is 4.74 Å². The Morgan fingerprint density at radius 1 is 1.36 bits per heavy atom. The molecule has 2 rings (SSSR count). The molecule has 0 aromatic heterocycles. The Balaban J connectivity index is 0.000000346. The smallest absolute Gasteiger partial charge is 0.403 e. The minimum absolute atomic E-state index is 0.225. The van der Waals surface area contributed by atoms with Crippen LogP contribution in [-0.4, -0.2) is 56.5 Å². The summed E-state index contributed by atoms with van der Waals surface area (Å²) in [5.74, 6) is -0.225. The van der Waals surface area contributed by atoms with Gasteiger partial charge in [0.15, 0.2) is 0 Å². The summed E-state index contributed by atoms with van der Waals surface area (Å²) in [6, 6.07) is 8.02. The van der Waals surface area contributed by atoms with E-state index in [0.29, 0.717) is 12.3 Å². The van der Waals surface area contributed by atoms with Crippen LogP contribution in [0.3, 0.4) is 0 Å². The molecule has 22 heavy (non-hydrogen) atoms. The van der Waals surface area contributed by atoms with E-state index in [2.05, 4.69) is 10.2 Å². The molecule has 0 bridgehead atoms. The Morgan fingerprint density at radius 2 is 1.95 bits per heavy atom. The fraction of sp³-hybridized carbons (Fsp3) is 0.429. The molecule has 0 fully saturated rings. The molecule has 0 spiro atoms. The van der Waals surface area contributed by atoms with Crippen molar-refractivity contribution in [3.8, 4) is 0 Å². The van der Waals surface area contributed by atoms with E-state index in [1.165, 1.54) is 5.56 Å². The molecule has 0 N–H and O–H groups in total. The second-order valence-electron chi connectivity index (χ2n) is 4.47. The molecule has 1 aliphatic heterocycles. The highest BCUT2D eigenvalue weighted by Gasteiger charge is 2.30. The topological polar surface area (TPSA) is 95.7 Å². The van der Waals surface area contributed by atoms with Crippen molar-refractivity contribution >= 4 is 22.1 Å². The fourth-order valence-electron chi connectivity index (χ4n) is 2.04. The minimum atomic E-state index is -4.41. The summed E-state index contributed by atoms with van der Waals surface area (Å²) in [7, 11) is -1.67. The third-order valence-corrected chi connectivity index (χ3v) is 3.45. The Labute approximate surface area is 130 Å². The summed E-state index contributed by atoms with van der Waals surface area (Å²) < 4.78 is 38.1. The third kappa shape index (κ3) is 5.21. The molecule has 0 aliphatic carbocycles. The molecule has 0 unspecified atom stereocenters. The monoisotopic (exact) mass is 329 g/mol. The lowest BCUT2D eigenvalue weighted by Crippen LogP contribution is -2.34.